The van der Waals surface area contributed by atoms with Gasteiger partial charge in [-0.2, -0.15) is 0 Å². The Bertz CT molecular complexity index is 811. The van der Waals surface area contributed by atoms with Gasteiger partial charge in [-0.1, -0.05) is 30.3 Å². The van der Waals surface area contributed by atoms with Gasteiger partial charge in [-0.15, -0.1) is 0 Å². The average Bonchev–Trinajstić information content (AvgIpc) is 2.52. The van der Waals surface area contributed by atoms with Gasteiger partial charge in [0.05, 0.1) is 6.61 Å². The van der Waals surface area contributed by atoms with E-state index in [1.165, 1.54) is 6.08 Å². The van der Waals surface area contributed by atoms with Gasteiger partial charge in [-0.05, 0) is 35.4 Å². The molecule has 0 saturated carbocycles. The van der Waals surface area contributed by atoms with Crippen molar-refractivity contribution in [3.63, 3.8) is 0 Å². The Hall–Kier alpha value is -2.28. The molecule has 6 heteroatoms. The van der Waals surface area contributed by atoms with Crippen molar-refractivity contribution in [2.75, 3.05) is 0 Å². The first kappa shape index (κ1) is 16.1. The van der Waals surface area contributed by atoms with E-state index >= 15 is 0 Å². The van der Waals surface area contributed by atoms with E-state index in [0.717, 1.165) is 5.41 Å². The monoisotopic (exact) mass is 317 g/mol. The summed E-state index contributed by atoms with van der Waals surface area (Å²) in [7, 11) is -3.76. The molecule has 0 spiro atoms. The van der Waals surface area contributed by atoms with Gasteiger partial charge in [0.25, 0.3) is 0 Å². The van der Waals surface area contributed by atoms with Crippen LogP contribution in [-0.4, -0.2) is 19.3 Å². The average molecular weight is 317 g/mol. The molecular formula is C16H15NO4S. The number of nitrogens with two attached hydrogens (primary N) is 1. The molecule has 114 valence electrons. The lowest BCUT2D eigenvalue weighted by Gasteiger charge is -2.06. The third-order valence-electron chi connectivity index (χ3n) is 2.95. The van der Waals surface area contributed by atoms with Crippen LogP contribution in [0.4, 0.5) is 0 Å². The number of hydrogen-bond donors (Lipinski definition) is 2. The molecule has 0 aromatic heterocycles. The maximum Gasteiger partial charge on any atom is 0.231 e. The van der Waals surface area contributed by atoms with Crippen molar-refractivity contribution in [1.82, 2.24) is 0 Å². The molecule has 0 atom stereocenters. The van der Waals surface area contributed by atoms with Crippen molar-refractivity contribution in [2.24, 2.45) is 5.14 Å². The first-order chi connectivity index (χ1) is 10.4. The van der Waals surface area contributed by atoms with Gasteiger partial charge >= 0.3 is 0 Å². The maximum absolute atomic E-state index is 12.4. The summed E-state index contributed by atoms with van der Waals surface area (Å²) in [6.45, 7) is -0.258. The Morgan fingerprint density at radius 3 is 2.36 bits per heavy atom. The van der Waals surface area contributed by atoms with Crippen LogP contribution in [0.2, 0.25) is 0 Å². The van der Waals surface area contributed by atoms with Crippen LogP contribution in [0.25, 0.3) is 6.08 Å². The maximum atomic E-state index is 12.4. The molecule has 0 aliphatic rings. The molecule has 0 fully saturated rings. The number of carbonyl (C=O) groups excluding carboxylic acids is 1. The fourth-order valence-corrected chi connectivity index (χ4v) is 2.31. The normalized spacial score (nSPS) is 11.7. The summed E-state index contributed by atoms with van der Waals surface area (Å²) >= 11 is 0. The zero-order valence-electron chi connectivity index (χ0n) is 11.6. The third kappa shape index (κ3) is 4.36. The fraction of sp³-hybridized carbons (Fsp3) is 0.0625. The standard InChI is InChI=1S/C16H15NO4S/c17-22(20,21)7-6-12-8-13(11-18)10-15(9-12)16(19)14-4-2-1-3-5-14/h1-10,18H,11H2,(H2,17,20,21). The van der Waals surface area contributed by atoms with Crippen molar-refractivity contribution < 1.29 is 18.3 Å². The zero-order valence-corrected chi connectivity index (χ0v) is 12.5. The number of carbonyl (C=O) groups is 1. The highest BCUT2D eigenvalue weighted by atomic mass is 32.2. The van der Waals surface area contributed by atoms with E-state index in [-0.39, 0.29) is 12.4 Å². The van der Waals surface area contributed by atoms with Crippen molar-refractivity contribution in [1.29, 1.82) is 0 Å². The second-order valence-corrected chi connectivity index (χ2v) is 6.16. The number of sulfonamides is 1. The number of aliphatic hydroxyl groups is 1. The summed E-state index contributed by atoms with van der Waals surface area (Å²) in [5.41, 5.74) is 1.86. The summed E-state index contributed by atoms with van der Waals surface area (Å²) in [6.07, 6.45) is 1.29. The Morgan fingerprint density at radius 1 is 1.09 bits per heavy atom. The molecular weight excluding hydrogens is 302 g/mol. The fourth-order valence-electron chi connectivity index (χ4n) is 1.97. The van der Waals surface area contributed by atoms with E-state index < -0.39 is 10.0 Å². The minimum absolute atomic E-state index is 0.207. The van der Waals surface area contributed by atoms with E-state index in [4.69, 9.17) is 5.14 Å². The number of primary sulfonamides is 1. The SMILES string of the molecule is NS(=O)(=O)C=Cc1cc(CO)cc(C(=O)c2ccccc2)c1. The molecule has 5 nitrogen and oxygen atoms in total. The molecule has 0 radical (unpaired) electrons. The molecule has 0 amide bonds. The Morgan fingerprint density at radius 2 is 1.77 bits per heavy atom. The van der Waals surface area contributed by atoms with Gasteiger partial charge in [0.15, 0.2) is 5.78 Å². The lowest BCUT2D eigenvalue weighted by Crippen LogP contribution is -2.07. The van der Waals surface area contributed by atoms with Gasteiger partial charge in [0.2, 0.25) is 10.0 Å². The number of rotatable bonds is 5. The van der Waals surface area contributed by atoms with Crippen molar-refractivity contribution in [3.05, 3.63) is 76.2 Å². The van der Waals surface area contributed by atoms with Gasteiger partial charge in [0.1, 0.15) is 0 Å². The predicted molar refractivity (Wildman–Crippen MR) is 84.4 cm³/mol. The van der Waals surface area contributed by atoms with Gasteiger partial charge < -0.3 is 5.11 Å². The summed E-state index contributed by atoms with van der Waals surface area (Å²) < 4.78 is 21.9. The molecule has 3 N–H and O–H groups in total. The zero-order chi connectivity index (χ0) is 16.2. The molecule has 0 heterocycles. The van der Waals surface area contributed by atoms with Crippen molar-refractivity contribution in [2.45, 2.75) is 6.61 Å². The van der Waals surface area contributed by atoms with E-state index in [9.17, 15) is 18.3 Å². The Balaban J connectivity index is 2.44. The van der Waals surface area contributed by atoms with Crippen LogP contribution in [0, 0.1) is 0 Å². The van der Waals surface area contributed by atoms with E-state index in [1.54, 1.807) is 48.5 Å². The third-order valence-corrected chi connectivity index (χ3v) is 3.46. The minimum atomic E-state index is -3.76. The smallest absolute Gasteiger partial charge is 0.231 e. The highest BCUT2D eigenvalue weighted by Crippen LogP contribution is 2.16. The van der Waals surface area contributed by atoms with Crippen molar-refractivity contribution >= 4 is 21.9 Å². The van der Waals surface area contributed by atoms with Crippen LogP contribution in [0.15, 0.2) is 53.9 Å². The first-order valence-electron chi connectivity index (χ1n) is 6.44. The number of ketones is 1. The highest BCUT2D eigenvalue weighted by molar-refractivity contribution is 7.92. The van der Waals surface area contributed by atoms with E-state index in [0.29, 0.717) is 22.3 Å². The number of hydrogen-bond acceptors (Lipinski definition) is 4. The minimum Gasteiger partial charge on any atom is -0.392 e. The van der Waals surface area contributed by atoms with Crippen LogP contribution in [0.5, 0.6) is 0 Å². The van der Waals surface area contributed by atoms with Crippen LogP contribution < -0.4 is 5.14 Å². The lowest BCUT2D eigenvalue weighted by atomic mass is 9.99. The topological polar surface area (TPSA) is 97.5 Å². The number of aliphatic hydroxyl groups excluding tert-OH is 1. The van der Waals surface area contributed by atoms with Crippen LogP contribution in [0.1, 0.15) is 27.0 Å². The molecule has 0 aliphatic heterocycles. The summed E-state index contributed by atoms with van der Waals surface area (Å²) in [6, 6.07) is 13.4. The molecule has 2 aromatic rings. The van der Waals surface area contributed by atoms with Crippen LogP contribution >= 0.6 is 0 Å². The molecule has 0 saturated heterocycles. The first-order valence-corrected chi connectivity index (χ1v) is 8.05. The second-order valence-electron chi connectivity index (χ2n) is 4.71. The number of benzene rings is 2. The highest BCUT2D eigenvalue weighted by Gasteiger charge is 2.10. The Kier molecular flexibility index (Phi) is 4.87. The molecule has 2 rings (SSSR count). The van der Waals surface area contributed by atoms with Crippen molar-refractivity contribution in [3.8, 4) is 0 Å². The van der Waals surface area contributed by atoms with E-state index in [2.05, 4.69) is 0 Å². The summed E-state index contributed by atoms with van der Waals surface area (Å²) in [5.74, 6) is -0.207. The molecule has 0 bridgehead atoms. The van der Waals surface area contributed by atoms with E-state index in [1.807, 2.05) is 0 Å². The summed E-state index contributed by atoms with van der Waals surface area (Å²) in [4.78, 5) is 12.4. The lowest BCUT2D eigenvalue weighted by molar-refractivity contribution is 0.103. The van der Waals surface area contributed by atoms with Crippen LogP contribution in [0.3, 0.4) is 0 Å². The second kappa shape index (κ2) is 6.65. The largest absolute Gasteiger partial charge is 0.392 e. The van der Waals surface area contributed by atoms with Crippen LogP contribution in [-0.2, 0) is 16.6 Å². The predicted octanol–water partition coefficient (Wildman–Crippen LogP) is 1.67. The molecule has 0 aliphatic carbocycles. The Labute approximate surface area is 128 Å². The van der Waals surface area contributed by atoms with Gasteiger partial charge in [-0.25, -0.2) is 13.6 Å². The molecule has 22 heavy (non-hydrogen) atoms. The molecule has 0 unspecified atom stereocenters. The molecule has 2 aromatic carbocycles. The van der Waals surface area contributed by atoms with Gasteiger partial charge in [-0.3, -0.25) is 4.79 Å². The summed E-state index contributed by atoms with van der Waals surface area (Å²) in [5, 5.41) is 15.0. The quantitative estimate of drug-likeness (QED) is 0.820. The van der Waals surface area contributed by atoms with Gasteiger partial charge in [0, 0.05) is 16.5 Å².